The van der Waals surface area contributed by atoms with Crippen LogP contribution in [0.15, 0.2) is 12.2 Å². The molecule has 4 bridgehead atoms. The lowest BCUT2D eigenvalue weighted by Crippen LogP contribution is -2.47. The Balaban J connectivity index is 1.13. The van der Waals surface area contributed by atoms with Gasteiger partial charge >= 0.3 is 5.97 Å². The molecule has 6 aliphatic rings. The first-order valence-corrected chi connectivity index (χ1v) is 12.7. The summed E-state index contributed by atoms with van der Waals surface area (Å²) in [5, 5.41) is 30.2. The minimum Gasteiger partial charge on any atom is -0.480 e. The maximum Gasteiger partial charge on any atom is 0.329 e. The summed E-state index contributed by atoms with van der Waals surface area (Å²) < 4.78 is 5.23. The molecule has 5 nitrogen and oxygen atoms in total. The van der Waals surface area contributed by atoms with E-state index < -0.39 is 5.97 Å². The Morgan fingerprint density at radius 3 is 2.35 bits per heavy atom. The molecule has 6 rings (SSSR count). The highest BCUT2D eigenvalue weighted by Crippen LogP contribution is 2.61. The Morgan fingerprint density at radius 2 is 1.71 bits per heavy atom. The van der Waals surface area contributed by atoms with Crippen LogP contribution in [-0.2, 0) is 9.53 Å². The minimum atomic E-state index is -0.913. The molecular weight excluding hydrogens is 392 g/mol. The Labute approximate surface area is 186 Å². The Bertz CT molecular complexity index is 652. The van der Waals surface area contributed by atoms with E-state index in [0.29, 0.717) is 29.8 Å². The first-order valence-electron chi connectivity index (χ1n) is 12.7. The van der Waals surface area contributed by atoms with Crippen molar-refractivity contribution in [3.8, 4) is 0 Å². The van der Waals surface area contributed by atoms with Crippen LogP contribution >= 0.6 is 0 Å². The summed E-state index contributed by atoms with van der Waals surface area (Å²) in [7, 11) is 0. The SMILES string of the molecule is O=C(O)COCCC1C[C@@H]2C[C@H](O)[C@@H](C=CC(O)CC34CC5CC(CC(C5)C3)C4)[C@@H]2C1. The van der Waals surface area contributed by atoms with Crippen molar-refractivity contribution in [2.24, 2.45) is 46.8 Å². The summed E-state index contributed by atoms with van der Waals surface area (Å²) in [6.07, 6.45) is 16.6. The van der Waals surface area contributed by atoms with Gasteiger partial charge in [-0.3, -0.25) is 0 Å². The molecule has 0 radical (unpaired) electrons. The summed E-state index contributed by atoms with van der Waals surface area (Å²) in [6, 6.07) is 0. The molecule has 0 spiro atoms. The minimum absolute atomic E-state index is 0.154. The molecule has 6 atom stereocenters. The predicted octanol–water partition coefficient (Wildman–Crippen LogP) is 4.02. The number of hydrogen-bond acceptors (Lipinski definition) is 4. The summed E-state index contributed by atoms with van der Waals surface area (Å²) in [4.78, 5) is 10.6. The fraction of sp³-hybridized carbons (Fsp3) is 0.885. The zero-order valence-corrected chi connectivity index (χ0v) is 18.7. The third-order valence-electron chi connectivity index (χ3n) is 9.59. The highest BCUT2D eigenvalue weighted by atomic mass is 16.5. The second-order valence-corrected chi connectivity index (χ2v) is 12.0. The van der Waals surface area contributed by atoms with Gasteiger partial charge in [0, 0.05) is 12.5 Å². The number of carbonyl (C=O) groups is 1. The number of carboxylic acid groups (broad SMARTS) is 1. The molecule has 3 N–H and O–H groups in total. The van der Waals surface area contributed by atoms with Gasteiger partial charge in [0.2, 0.25) is 0 Å². The summed E-state index contributed by atoms with van der Waals surface area (Å²) in [6.45, 7) is 0.286. The molecule has 6 fully saturated rings. The zero-order valence-electron chi connectivity index (χ0n) is 18.7. The number of aliphatic carboxylic acids is 1. The first-order chi connectivity index (χ1) is 14.9. The molecule has 174 valence electrons. The molecule has 0 aromatic rings. The Morgan fingerprint density at radius 1 is 1.03 bits per heavy atom. The van der Waals surface area contributed by atoms with Crippen LogP contribution in [0.2, 0.25) is 0 Å². The number of rotatable bonds is 9. The van der Waals surface area contributed by atoms with Crippen molar-refractivity contribution < 1.29 is 24.9 Å². The molecule has 5 heteroatoms. The van der Waals surface area contributed by atoms with Crippen LogP contribution in [-0.4, -0.2) is 46.7 Å². The van der Waals surface area contributed by atoms with E-state index in [4.69, 9.17) is 9.84 Å². The number of fused-ring (bicyclic) bond motifs is 1. The number of hydrogen-bond donors (Lipinski definition) is 3. The van der Waals surface area contributed by atoms with Crippen molar-refractivity contribution in [1.82, 2.24) is 0 Å². The van der Waals surface area contributed by atoms with Gasteiger partial charge in [-0.15, -0.1) is 0 Å². The topological polar surface area (TPSA) is 87.0 Å². The second kappa shape index (κ2) is 8.79. The van der Waals surface area contributed by atoms with Crippen molar-refractivity contribution in [1.29, 1.82) is 0 Å². The quantitative estimate of drug-likeness (QED) is 0.378. The van der Waals surface area contributed by atoms with E-state index >= 15 is 0 Å². The van der Waals surface area contributed by atoms with E-state index in [1.165, 1.54) is 38.5 Å². The molecule has 0 heterocycles. The first kappa shape index (κ1) is 21.9. The average molecular weight is 433 g/mol. The van der Waals surface area contributed by atoms with Crippen LogP contribution in [0.4, 0.5) is 0 Å². The third kappa shape index (κ3) is 4.74. The van der Waals surface area contributed by atoms with Gasteiger partial charge in [-0.2, -0.15) is 0 Å². The molecule has 31 heavy (non-hydrogen) atoms. The maximum absolute atomic E-state index is 10.9. The number of aliphatic hydroxyl groups is 2. The zero-order chi connectivity index (χ0) is 21.6. The molecule has 2 unspecified atom stereocenters. The van der Waals surface area contributed by atoms with Gasteiger partial charge in [0.25, 0.3) is 0 Å². The second-order valence-electron chi connectivity index (χ2n) is 12.0. The third-order valence-corrected chi connectivity index (χ3v) is 9.59. The van der Waals surface area contributed by atoms with E-state index in [0.717, 1.165) is 49.9 Å². The van der Waals surface area contributed by atoms with Gasteiger partial charge in [-0.1, -0.05) is 12.2 Å². The van der Waals surface area contributed by atoms with Crippen molar-refractivity contribution >= 4 is 5.97 Å². The van der Waals surface area contributed by atoms with E-state index in [-0.39, 0.29) is 24.7 Å². The van der Waals surface area contributed by atoms with E-state index in [9.17, 15) is 15.0 Å². The van der Waals surface area contributed by atoms with Gasteiger partial charge in [0.05, 0.1) is 12.2 Å². The summed E-state index contributed by atoms with van der Waals surface area (Å²) >= 11 is 0. The lowest BCUT2D eigenvalue weighted by atomic mass is 9.48. The van der Waals surface area contributed by atoms with Gasteiger partial charge in [-0.25, -0.2) is 4.79 Å². The fourth-order valence-corrected chi connectivity index (χ4v) is 9.00. The van der Waals surface area contributed by atoms with Crippen LogP contribution in [0, 0.1) is 46.8 Å². The largest absolute Gasteiger partial charge is 0.480 e. The van der Waals surface area contributed by atoms with Crippen LogP contribution in [0.5, 0.6) is 0 Å². The maximum atomic E-state index is 10.9. The summed E-state index contributed by atoms with van der Waals surface area (Å²) in [5.41, 5.74) is 0.379. The molecule has 6 aliphatic carbocycles. The van der Waals surface area contributed by atoms with Gasteiger partial charge in [0.15, 0.2) is 0 Å². The Hall–Kier alpha value is -0.910. The number of aliphatic hydroxyl groups excluding tert-OH is 2. The number of ether oxygens (including phenoxy) is 1. The summed E-state index contributed by atoms with van der Waals surface area (Å²) in [5.74, 6) is 3.57. The lowest BCUT2D eigenvalue weighted by molar-refractivity contribution is -0.142. The van der Waals surface area contributed by atoms with Gasteiger partial charge in [-0.05, 0) is 112 Å². The van der Waals surface area contributed by atoms with Gasteiger partial charge in [0.1, 0.15) is 6.61 Å². The van der Waals surface area contributed by atoms with Crippen molar-refractivity contribution in [3.63, 3.8) is 0 Å². The molecule has 0 aromatic heterocycles. The van der Waals surface area contributed by atoms with Crippen LogP contribution < -0.4 is 0 Å². The monoisotopic (exact) mass is 432 g/mol. The highest BCUT2D eigenvalue weighted by Gasteiger charge is 2.51. The van der Waals surface area contributed by atoms with Crippen LogP contribution in [0.25, 0.3) is 0 Å². The Kier molecular flexibility index (Phi) is 6.22. The van der Waals surface area contributed by atoms with Gasteiger partial charge < -0.3 is 20.1 Å². The van der Waals surface area contributed by atoms with Crippen molar-refractivity contribution in [2.75, 3.05) is 13.2 Å². The lowest BCUT2D eigenvalue weighted by Gasteiger charge is -2.57. The average Bonchev–Trinajstić information content (AvgIpc) is 3.18. The molecule has 0 amide bonds. The van der Waals surface area contributed by atoms with E-state index in [1.807, 2.05) is 6.08 Å². The molecule has 0 aliphatic heterocycles. The number of carboxylic acids is 1. The molecular formula is C26H40O5. The van der Waals surface area contributed by atoms with E-state index in [2.05, 4.69) is 6.08 Å². The van der Waals surface area contributed by atoms with Crippen molar-refractivity contribution in [2.45, 2.75) is 82.8 Å². The normalized spacial score (nSPS) is 46.6. The molecule has 0 aromatic carbocycles. The highest BCUT2D eigenvalue weighted by molar-refractivity contribution is 5.67. The molecule has 0 saturated heterocycles. The van der Waals surface area contributed by atoms with E-state index in [1.54, 1.807) is 0 Å². The molecule has 6 saturated carbocycles. The predicted molar refractivity (Wildman–Crippen MR) is 117 cm³/mol. The standard InChI is InChI=1S/C26H40O5/c27-21(14-26-11-17-5-18(12-26)7-19(6-17)13-26)1-2-22-23-9-16(3-4-31-15-25(29)30)8-20(23)10-24(22)28/h1-2,16-24,27-28H,3-15H2,(H,29,30)/t16?,17?,18?,19?,20-,21?,22+,23-,24+,26?/m1/s1. The fourth-order valence-electron chi connectivity index (χ4n) is 9.00. The smallest absolute Gasteiger partial charge is 0.329 e. The van der Waals surface area contributed by atoms with Crippen LogP contribution in [0.3, 0.4) is 0 Å². The van der Waals surface area contributed by atoms with Crippen molar-refractivity contribution in [3.05, 3.63) is 12.2 Å². The van der Waals surface area contributed by atoms with Crippen LogP contribution in [0.1, 0.15) is 70.6 Å².